The number of carbonyl (C=O) groups is 1. The summed E-state index contributed by atoms with van der Waals surface area (Å²) in [7, 11) is 0. The van der Waals surface area contributed by atoms with E-state index < -0.39 is 11.6 Å². The quantitative estimate of drug-likeness (QED) is 0.906. The van der Waals surface area contributed by atoms with E-state index in [-0.39, 0.29) is 17.9 Å². The molecule has 2 aliphatic heterocycles. The number of benzene rings is 1. The normalized spacial score (nSPS) is 21.3. The number of piperazine rings is 1. The maximum Gasteiger partial charge on any atom is 0.225 e. The average molecular weight is 351 g/mol. The summed E-state index contributed by atoms with van der Waals surface area (Å²) >= 11 is 0. The van der Waals surface area contributed by atoms with Crippen LogP contribution in [0.25, 0.3) is 0 Å². The fraction of sp³-hybridized carbons (Fsp3) is 0.632. The van der Waals surface area contributed by atoms with Crippen LogP contribution >= 0.6 is 0 Å². The van der Waals surface area contributed by atoms with Gasteiger partial charge in [0.05, 0.1) is 0 Å². The first-order chi connectivity index (χ1) is 12.1. The van der Waals surface area contributed by atoms with Gasteiger partial charge in [-0.2, -0.15) is 0 Å². The van der Waals surface area contributed by atoms with Gasteiger partial charge in [0.25, 0.3) is 0 Å². The first-order valence-corrected chi connectivity index (χ1v) is 9.28. The Morgan fingerprint density at radius 2 is 1.88 bits per heavy atom. The Labute approximate surface area is 148 Å². The molecular weight excluding hydrogens is 324 g/mol. The number of halogens is 2. The van der Waals surface area contributed by atoms with Gasteiger partial charge in [0, 0.05) is 49.8 Å². The van der Waals surface area contributed by atoms with Crippen LogP contribution in [0.5, 0.6) is 0 Å². The van der Waals surface area contributed by atoms with E-state index in [1.54, 1.807) is 6.07 Å². The zero-order chi connectivity index (χ0) is 17.8. The summed E-state index contributed by atoms with van der Waals surface area (Å²) in [6, 6.07) is 3.75. The van der Waals surface area contributed by atoms with Crippen LogP contribution in [0.1, 0.15) is 37.8 Å². The molecule has 4 nitrogen and oxygen atoms in total. The summed E-state index contributed by atoms with van der Waals surface area (Å²) in [6.07, 6.45) is 2.58. The monoisotopic (exact) mass is 351 g/mol. The predicted octanol–water partition coefficient (Wildman–Crippen LogP) is 2.56. The highest BCUT2D eigenvalue weighted by Crippen LogP contribution is 2.28. The summed E-state index contributed by atoms with van der Waals surface area (Å²) in [4.78, 5) is 16.8. The molecule has 0 spiro atoms. The third-order valence-corrected chi connectivity index (χ3v) is 5.46. The summed E-state index contributed by atoms with van der Waals surface area (Å²) in [5.74, 6) is -0.625. The van der Waals surface area contributed by atoms with Crippen LogP contribution in [-0.4, -0.2) is 55.0 Å². The summed E-state index contributed by atoms with van der Waals surface area (Å²) in [6.45, 7) is 6.67. The van der Waals surface area contributed by atoms with E-state index in [4.69, 9.17) is 0 Å². The fourth-order valence-corrected chi connectivity index (χ4v) is 4.03. The topological polar surface area (TPSA) is 35.6 Å². The molecule has 6 heteroatoms. The van der Waals surface area contributed by atoms with Gasteiger partial charge in [0.15, 0.2) is 0 Å². The van der Waals surface area contributed by atoms with Crippen LogP contribution < -0.4 is 5.32 Å². The van der Waals surface area contributed by atoms with Crippen LogP contribution in [0.3, 0.4) is 0 Å². The maximum atomic E-state index is 14.2. The summed E-state index contributed by atoms with van der Waals surface area (Å²) < 4.78 is 27.3. The Hall–Kier alpha value is -1.53. The third-order valence-electron chi connectivity index (χ3n) is 5.46. The maximum absolute atomic E-state index is 14.2. The second kappa shape index (κ2) is 8.23. The largest absolute Gasteiger partial charge is 0.340 e. The zero-order valence-electron chi connectivity index (χ0n) is 14.8. The summed E-state index contributed by atoms with van der Waals surface area (Å²) in [5.41, 5.74) is 0.544. The second-order valence-electron chi connectivity index (χ2n) is 6.98. The molecule has 3 rings (SSSR count). The van der Waals surface area contributed by atoms with Gasteiger partial charge in [-0.25, -0.2) is 8.78 Å². The minimum absolute atomic E-state index is 0.0725. The van der Waals surface area contributed by atoms with Crippen molar-refractivity contribution in [3.8, 4) is 0 Å². The lowest BCUT2D eigenvalue weighted by Gasteiger charge is -2.40. The molecule has 1 atom stereocenters. The number of hydrogen-bond acceptors (Lipinski definition) is 3. The van der Waals surface area contributed by atoms with E-state index in [0.29, 0.717) is 18.7 Å². The molecule has 0 radical (unpaired) electrons. The van der Waals surface area contributed by atoms with E-state index in [0.717, 1.165) is 51.5 Å². The van der Waals surface area contributed by atoms with Crippen molar-refractivity contribution < 1.29 is 13.6 Å². The minimum atomic E-state index is -0.548. The van der Waals surface area contributed by atoms with Crippen molar-refractivity contribution in [2.24, 2.45) is 5.92 Å². The van der Waals surface area contributed by atoms with Crippen molar-refractivity contribution >= 4 is 5.91 Å². The molecule has 2 heterocycles. The Kier molecular flexibility index (Phi) is 6.02. The van der Waals surface area contributed by atoms with Crippen molar-refractivity contribution in [3.05, 3.63) is 35.4 Å². The molecule has 2 aliphatic rings. The Morgan fingerprint density at radius 1 is 1.20 bits per heavy atom. The molecule has 0 bridgehead atoms. The third kappa shape index (κ3) is 4.18. The predicted molar refractivity (Wildman–Crippen MR) is 93.1 cm³/mol. The number of hydrogen-bond donors (Lipinski definition) is 1. The number of piperidine rings is 1. The van der Waals surface area contributed by atoms with Gasteiger partial charge in [0.2, 0.25) is 5.91 Å². The van der Waals surface area contributed by atoms with Crippen molar-refractivity contribution in [1.82, 2.24) is 15.1 Å². The molecule has 0 saturated carbocycles. The highest BCUT2D eigenvalue weighted by Gasteiger charge is 2.31. The van der Waals surface area contributed by atoms with Crippen LogP contribution in [0, 0.1) is 17.6 Å². The van der Waals surface area contributed by atoms with Gasteiger partial charge in [-0.1, -0.05) is 13.0 Å². The minimum Gasteiger partial charge on any atom is -0.340 e. The fourth-order valence-electron chi connectivity index (χ4n) is 4.03. The van der Waals surface area contributed by atoms with Crippen molar-refractivity contribution in [1.29, 1.82) is 0 Å². The van der Waals surface area contributed by atoms with Crippen LogP contribution in [0.15, 0.2) is 18.2 Å². The first kappa shape index (κ1) is 18.3. The van der Waals surface area contributed by atoms with E-state index in [1.165, 1.54) is 6.07 Å². The Balaban J connectivity index is 1.61. The molecule has 0 aromatic heterocycles. The van der Waals surface area contributed by atoms with Crippen molar-refractivity contribution in [3.63, 3.8) is 0 Å². The number of rotatable bonds is 4. The SMILES string of the molecule is CCC(c1ccc(F)cc1F)N1CCN(C(=O)C2CCNCC2)CC1. The van der Waals surface area contributed by atoms with E-state index in [9.17, 15) is 13.6 Å². The summed E-state index contributed by atoms with van der Waals surface area (Å²) in [5, 5.41) is 3.29. The molecule has 1 unspecified atom stereocenters. The van der Waals surface area contributed by atoms with Gasteiger partial charge in [-0.15, -0.1) is 0 Å². The molecule has 1 amide bonds. The lowest BCUT2D eigenvalue weighted by atomic mass is 9.96. The van der Waals surface area contributed by atoms with Crippen molar-refractivity contribution in [2.45, 2.75) is 32.2 Å². The van der Waals surface area contributed by atoms with E-state index >= 15 is 0 Å². The van der Waals surface area contributed by atoms with Crippen LogP contribution in [0.2, 0.25) is 0 Å². The highest BCUT2D eigenvalue weighted by molar-refractivity contribution is 5.79. The van der Waals surface area contributed by atoms with Gasteiger partial charge < -0.3 is 10.2 Å². The second-order valence-corrected chi connectivity index (χ2v) is 6.98. The lowest BCUT2D eigenvalue weighted by molar-refractivity contribution is -0.138. The first-order valence-electron chi connectivity index (χ1n) is 9.28. The molecule has 2 saturated heterocycles. The van der Waals surface area contributed by atoms with E-state index in [1.807, 2.05) is 11.8 Å². The zero-order valence-corrected chi connectivity index (χ0v) is 14.8. The molecule has 138 valence electrons. The highest BCUT2D eigenvalue weighted by atomic mass is 19.1. The Bertz CT molecular complexity index is 596. The molecule has 1 aromatic carbocycles. The lowest BCUT2D eigenvalue weighted by Crippen LogP contribution is -2.52. The average Bonchev–Trinajstić information content (AvgIpc) is 2.65. The molecule has 1 N–H and O–H groups in total. The van der Waals surface area contributed by atoms with Gasteiger partial charge in [-0.3, -0.25) is 9.69 Å². The van der Waals surface area contributed by atoms with Gasteiger partial charge >= 0.3 is 0 Å². The molecular formula is C19H27F2N3O. The standard InChI is InChI=1S/C19H27F2N3O/c1-2-18(16-4-3-15(20)13-17(16)21)23-9-11-24(12-10-23)19(25)14-5-7-22-8-6-14/h3-4,13-14,18,22H,2,5-12H2,1H3. The van der Waals surface area contributed by atoms with Crippen LogP contribution in [0.4, 0.5) is 8.78 Å². The molecule has 25 heavy (non-hydrogen) atoms. The number of carbonyl (C=O) groups excluding carboxylic acids is 1. The van der Waals surface area contributed by atoms with Gasteiger partial charge in [-0.05, 0) is 38.4 Å². The number of amides is 1. The smallest absolute Gasteiger partial charge is 0.225 e. The number of nitrogens with one attached hydrogen (secondary N) is 1. The molecule has 1 aromatic rings. The number of nitrogens with zero attached hydrogens (tertiary/aromatic N) is 2. The van der Waals surface area contributed by atoms with E-state index in [2.05, 4.69) is 10.2 Å². The Morgan fingerprint density at radius 3 is 2.48 bits per heavy atom. The molecule has 0 aliphatic carbocycles. The van der Waals surface area contributed by atoms with Gasteiger partial charge in [0.1, 0.15) is 11.6 Å². The van der Waals surface area contributed by atoms with Crippen molar-refractivity contribution in [2.75, 3.05) is 39.3 Å². The molecule has 2 fully saturated rings. The van der Waals surface area contributed by atoms with Crippen LogP contribution in [-0.2, 0) is 4.79 Å².